The van der Waals surface area contributed by atoms with Gasteiger partial charge in [-0.2, -0.15) is 0 Å². The van der Waals surface area contributed by atoms with Gasteiger partial charge in [0.1, 0.15) is 17.2 Å². The van der Waals surface area contributed by atoms with Crippen LogP contribution in [-0.2, 0) is 10.3 Å². The molecule has 0 unspecified atom stereocenters. The Kier molecular flexibility index (Phi) is 4.21. The van der Waals surface area contributed by atoms with Crippen LogP contribution in [0.25, 0.3) is 0 Å². The number of benzene rings is 2. The molecule has 0 heterocycles. The van der Waals surface area contributed by atoms with E-state index in [1.807, 2.05) is 0 Å². The van der Waals surface area contributed by atoms with Crippen molar-refractivity contribution in [3.8, 4) is 0 Å². The van der Waals surface area contributed by atoms with Gasteiger partial charge in [-0.1, -0.05) is 30.3 Å². The monoisotopic (exact) mass is 304 g/mol. The van der Waals surface area contributed by atoms with E-state index >= 15 is 0 Å². The Morgan fingerprint density at radius 3 is 2.27 bits per heavy atom. The molecule has 2 amide bonds. The summed E-state index contributed by atoms with van der Waals surface area (Å²) in [5.41, 5.74) is 3.96. The molecule has 0 bridgehead atoms. The lowest BCUT2D eigenvalue weighted by Gasteiger charge is -2.28. The van der Waals surface area contributed by atoms with Gasteiger partial charge >= 0.3 is 0 Å². The summed E-state index contributed by atoms with van der Waals surface area (Å²) >= 11 is 0. The predicted octanol–water partition coefficient (Wildman–Crippen LogP) is 2.10. The zero-order valence-electron chi connectivity index (χ0n) is 11.8. The molecule has 0 aromatic heterocycles. The molecule has 0 saturated carbocycles. The first-order valence-corrected chi connectivity index (χ1v) is 6.47. The maximum atomic E-state index is 13.7. The Labute approximate surface area is 125 Å². The molecule has 114 valence electrons. The lowest BCUT2D eigenvalue weighted by atomic mass is 9.90. The summed E-state index contributed by atoms with van der Waals surface area (Å²) in [6.45, 7) is 1.42. The Bertz CT molecular complexity index is 719. The van der Waals surface area contributed by atoms with Crippen molar-refractivity contribution in [2.24, 2.45) is 5.73 Å². The second-order valence-corrected chi connectivity index (χ2v) is 4.93. The third-order valence-electron chi connectivity index (χ3n) is 3.38. The molecule has 2 aromatic carbocycles. The molecule has 2 rings (SSSR count). The van der Waals surface area contributed by atoms with Crippen molar-refractivity contribution < 1.29 is 18.4 Å². The molecule has 2 aromatic rings. The van der Waals surface area contributed by atoms with Crippen molar-refractivity contribution in [2.75, 3.05) is 0 Å². The van der Waals surface area contributed by atoms with Crippen LogP contribution in [0, 0.1) is 11.6 Å². The molecular weight excluding hydrogens is 290 g/mol. The zero-order valence-corrected chi connectivity index (χ0v) is 11.8. The Balaban J connectivity index is 2.36. The molecular formula is C16H14F2N2O2. The number of hydrogen-bond donors (Lipinski definition) is 2. The van der Waals surface area contributed by atoms with E-state index in [-0.39, 0.29) is 5.56 Å². The van der Waals surface area contributed by atoms with E-state index in [4.69, 9.17) is 5.73 Å². The Morgan fingerprint density at radius 1 is 1.09 bits per heavy atom. The van der Waals surface area contributed by atoms with Crippen molar-refractivity contribution in [1.29, 1.82) is 0 Å². The maximum absolute atomic E-state index is 13.7. The van der Waals surface area contributed by atoms with Crippen LogP contribution in [0.3, 0.4) is 0 Å². The van der Waals surface area contributed by atoms with Crippen LogP contribution < -0.4 is 11.1 Å². The minimum atomic E-state index is -1.51. The van der Waals surface area contributed by atoms with Crippen molar-refractivity contribution in [1.82, 2.24) is 5.32 Å². The van der Waals surface area contributed by atoms with E-state index < -0.39 is 29.0 Å². The molecule has 22 heavy (non-hydrogen) atoms. The fourth-order valence-corrected chi connectivity index (χ4v) is 2.02. The Morgan fingerprint density at radius 2 is 1.73 bits per heavy atom. The van der Waals surface area contributed by atoms with E-state index in [9.17, 15) is 18.4 Å². The van der Waals surface area contributed by atoms with E-state index in [0.717, 1.165) is 12.1 Å². The van der Waals surface area contributed by atoms with Gasteiger partial charge in [0.2, 0.25) is 5.91 Å². The van der Waals surface area contributed by atoms with Gasteiger partial charge in [0, 0.05) is 6.07 Å². The molecule has 4 nitrogen and oxygen atoms in total. The van der Waals surface area contributed by atoms with E-state index in [2.05, 4.69) is 5.32 Å². The summed E-state index contributed by atoms with van der Waals surface area (Å²) in [7, 11) is 0. The summed E-state index contributed by atoms with van der Waals surface area (Å²) in [4.78, 5) is 24.0. The highest BCUT2D eigenvalue weighted by atomic mass is 19.1. The molecule has 0 fully saturated rings. The minimum absolute atomic E-state index is 0.371. The first-order chi connectivity index (χ1) is 10.3. The molecule has 1 atom stereocenters. The summed E-state index contributed by atoms with van der Waals surface area (Å²) in [6.07, 6.45) is 0. The van der Waals surface area contributed by atoms with Gasteiger partial charge in [-0.05, 0) is 24.6 Å². The van der Waals surface area contributed by atoms with E-state index in [0.29, 0.717) is 11.6 Å². The van der Waals surface area contributed by atoms with Crippen LogP contribution >= 0.6 is 0 Å². The quantitative estimate of drug-likeness (QED) is 0.908. The van der Waals surface area contributed by atoms with Crippen molar-refractivity contribution in [2.45, 2.75) is 12.5 Å². The molecule has 0 radical (unpaired) electrons. The topological polar surface area (TPSA) is 72.2 Å². The number of nitrogens with one attached hydrogen (secondary N) is 1. The van der Waals surface area contributed by atoms with Gasteiger partial charge in [0.25, 0.3) is 5.91 Å². The van der Waals surface area contributed by atoms with Crippen LogP contribution in [0.5, 0.6) is 0 Å². The number of carbonyl (C=O) groups is 2. The standard InChI is InChI=1S/C16H14F2N2O2/c1-16(15(19)22,10-5-3-2-4-6-10)20-14(21)12-8-7-11(17)9-13(12)18/h2-9H,1H3,(H2,19,22)(H,20,21)/t16-/m0/s1. The second-order valence-electron chi connectivity index (χ2n) is 4.93. The van der Waals surface area contributed by atoms with Gasteiger partial charge in [0.05, 0.1) is 5.56 Å². The van der Waals surface area contributed by atoms with Gasteiger partial charge in [-0.15, -0.1) is 0 Å². The van der Waals surface area contributed by atoms with Gasteiger partial charge < -0.3 is 11.1 Å². The highest BCUT2D eigenvalue weighted by Crippen LogP contribution is 2.21. The predicted molar refractivity (Wildman–Crippen MR) is 76.8 cm³/mol. The van der Waals surface area contributed by atoms with Crippen LogP contribution in [-0.4, -0.2) is 11.8 Å². The highest BCUT2D eigenvalue weighted by molar-refractivity contribution is 5.99. The summed E-state index contributed by atoms with van der Waals surface area (Å²) in [5.74, 6) is -3.47. The number of carbonyl (C=O) groups excluding carboxylic acids is 2. The smallest absolute Gasteiger partial charge is 0.255 e. The third kappa shape index (κ3) is 2.95. The van der Waals surface area contributed by atoms with Crippen molar-refractivity contribution in [3.63, 3.8) is 0 Å². The number of nitrogens with two attached hydrogens (primary N) is 1. The zero-order chi connectivity index (χ0) is 16.3. The fraction of sp³-hybridized carbons (Fsp3) is 0.125. The minimum Gasteiger partial charge on any atom is -0.367 e. The number of primary amides is 1. The fourth-order valence-electron chi connectivity index (χ4n) is 2.02. The summed E-state index contributed by atoms with van der Waals surface area (Å²) in [6, 6.07) is 10.9. The summed E-state index contributed by atoms with van der Waals surface area (Å²) in [5, 5.41) is 2.41. The SMILES string of the molecule is C[C@@](NC(=O)c1ccc(F)cc1F)(C(N)=O)c1ccccc1. The molecule has 0 aliphatic heterocycles. The number of rotatable bonds is 4. The van der Waals surface area contributed by atoms with Gasteiger partial charge in [-0.3, -0.25) is 9.59 Å². The molecule has 6 heteroatoms. The van der Waals surface area contributed by atoms with Crippen LogP contribution in [0.4, 0.5) is 8.78 Å². The average molecular weight is 304 g/mol. The van der Waals surface area contributed by atoms with Crippen LogP contribution in [0.2, 0.25) is 0 Å². The maximum Gasteiger partial charge on any atom is 0.255 e. The highest BCUT2D eigenvalue weighted by Gasteiger charge is 2.35. The normalized spacial score (nSPS) is 13.2. The second kappa shape index (κ2) is 5.93. The first kappa shape index (κ1) is 15.6. The van der Waals surface area contributed by atoms with Crippen molar-refractivity contribution in [3.05, 3.63) is 71.3 Å². The largest absolute Gasteiger partial charge is 0.367 e. The third-order valence-corrected chi connectivity index (χ3v) is 3.38. The van der Waals surface area contributed by atoms with Crippen molar-refractivity contribution >= 4 is 11.8 Å². The van der Waals surface area contributed by atoms with Crippen LogP contribution in [0.15, 0.2) is 48.5 Å². The molecule has 0 saturated heterocycles. The van der Waals surface area contributed by atoms with E-state index in [1.54, 1.807) is 30.3 Å². The molecule has 0 aliphatic rings. The lowest BCUT2D eigenvalue weighted by molar-refractivity contribution is -0.123. The first-order valence-electron chi connectivity index (χ1n) is 6.47. The Hall–Kier alpha value is -2.76. The molecule has 3 N–H and O–H groups in total. The lowest BCUT2D eigenvalue weighted by Crippen LogP contribution is -2.52. The molecule has 0 aliphatic carbocycles. The van der Waals surface area contributed by atoms with Gasteiger partial charge in [-0.25, -0.2) is 8.78 Å². The van der Waals surface area contributed by atoms with Crippen LogP contribution in [0.1, 0.15) is 22.8 Å². The number of halogens is 2. The number of amides is 2. The van der Waals surface area contributed by atoms with Gasteiger partial charge in [0.15, 0.2) is 0 Å². The van der Waals surface area contributed by atoms with E-state index in [1.165, 1.54) is 6.92 Å². The number of hydrogen-bond acceptors (Lipinski definition) is 2. The molecule has 0 spiro atoms. The average Bonchev–Trinajstić information content (AvgIpc) is 2.47. The summed E-state index contributed by atoms with van der Waals surface area (Å²) < 4.78 is 26.6.